The van der Waals surface area contributed by atoms with Crippen LogP contribution in [0, 0.1) is 6.92 Å². The minimum absolute atomic E-state index is 0.383. The van der Waals surface area contributed by atoms with E-state index in [-0.39, 0.29) is 0 Å². The van der Waals surface area contributed by atoms with Crippen molar-refractivity contribution in [2.75, 3.05) is 5.73 Å². The van der Waals surface area contributed by atoms with Gasteiger partial charge in [0, 0.05) is 22.8 Å². The van der Waals surface area contributed by atoms with Crippen molar-refractivity contribution in [1.29, 1.82) is 0 Å². The van der Waals surface area contributed by atoms with E-state index in [9.17, 15) is 0 Å². The molecule has 3 rings (SSSR count). The summed E-state index contributed by atoms with van der Waals surface area (Å²) >= 11 is 0. The average molecular weight is 265 g/mol. The summed E-state index contributed by atoms with van der Waals surface area (Å²) in [6, 6.07) is 13.7. The molecule has 0 amide bonds. The molecule has 0 atom stereocenters. The SMILES string of the molecule is Cc1ccc2cccc(OCc3cccnc3N)c2n1. The van der Waals surface area contributed by atoms with Gasteiger partial charge in [0.1, 0.15) is 23.7 Å². The van der Waals surface area contributed by atoms with Gasteiger partial charge in [0.15, 0.2) is 0 Å². The summed E-state index contributed by atoms with van der Waals surface area (Å²) < 4.78 is 5.86. The van der Waals surface area contributed by atoms with Crippen LogP contribution < -0.4 is 10.5 Å². The van der Waals surface area contributed by atoms with Crippen LogP contribution in [0.25, 0.3) is 10.9 Å². The number of nitrogen functional groups attached to an aromatic ring is 1. The van der Waals surface area contributed by atoms with Crippen molar-refractivity contribution < 1.29 is 4.74 Å². The third-order valence-corrected chi connectivity index (χ3v) is 3.13. The second-order valence-electron chi connectivity index (χ2n) is 4.62. The minimum atomic E-state index is 0.383. The fourth-order valence-electron chi connectivity index (χ4n) is 2.06. The van der Waals surface area contributed by atoms with Crippen molar-refractivity contribution in [3.05, 3.63) is 59.9 Å². The van der Waals surface area contributed by atoms with Gasteiger partial charge in [0.05, 0.1) is 0 Å². The summed E-state index contributed by atoms with van der Waals surface area (Å²) in [5, 5.41) is 1.06. The van der Waals surface area contributed by atoms with Crippen LogP contribution in [0.1, 0.15) is 11.3 Å². The van der Waals surface area contributed by atoms with Gasteiger partial charge in [-0.3, -0.25) is 0 Å². The number of para-hydroxylation sites is 1. The number of ether oxygens (including phenoxy) is 1. The van der Waals surface area contributed by atoms with Crippen molar-refractivity contribution in [2.45, 2.75) is 13.5 Å². The number of rotatable bonds is 3. The van der Waals surface area contributed by atoms with Gasteiger partial charge >= 0.3 is 0 Å². The molecule has 0 unspecified atom stereocenters. The maximum atomic E-state index is 5.86. The Morgan fingerprint density at radius 1 is 1.10 bits per heavy atom. The summed E-state index contributed by atoms with van der Waals surface area (Å²) in [4.78, 5) is 8.59. The lowest BCUT2D eigenvalue weighted by Gasteiger charge is -2.10. The van der Waals surface area contributed by atoms with Gasteiger partial charge in [-0.2, -0.15) is 0 Å². The first kappa shape index (κ1) is 12.4. The maximum Gasteiger partial charge on any atom is 0.146 e. The number of aromatic nitrogens is 2. The Kier molecular flexibility index (Phi) is 3.21. The molecule has 0 saturated carbocycles. The Morgan fingerprint density at radius 3 is 2.85 bits per heavy atom. The maximum absolute atomic E-state index is 5.86. The molecule has 0 spiro atoms. The fourth-order valence-corrected chi connectivity index (χ4v) is 2.06. The highest BCUT2D eigenvalue weighted by Crippen LogP contribution is 2.25. The largest absolute Gasteiger partial charge is 0.486 e. The van der Waals surface area contributed by atoms with E-state index in [4.69, 9.17) is 10.5 Å². The van der Waals surface area contributed by atoms with Crippen LogP contribution in [0.5, 0.6) is 5.75 Å². The van der Waals surface area contributed by atoms with E-state index in [1.165, 1.54) is 0 Å². The van der Waals surface area contributed by atoms with Crippen LogP contribution in [0.4, 0.5) is 5.82 Å². The van der Waals surface area contributed by atoms with E-state index in [0.29, 0.717) is 12.4 Å². The number of anilines is 1. The molecule has 0 aliphatic carbocycles. The van der Waals surface area contributed by atoms with E-state index < -0.39 is 0 Å². The van der Waals surface area contributed by atoms with Crippen molar-refractivity contribution >= 4 is 16.7 Å². The first-order valence-electron chi connectivity index (χ1n) is 6.42. The second kappa shape index (κ2) is 5.17. The molecular formula is C16H15N3O. The average Bonchev–Trinajstić information content (AvgIpc) is 2.46. The lowest BCUT2D eigenvalue weighted by Crippen LogP contribution is -2.02. The monoisotopic (exact) mass is 265 g/mol. The third-order valence-electron chi connectivity index (χ3n) is 3.13. The fraction of sp³-hybridized carbons (Fsp3) is 0.125. The summed E-state index contributed by atoms with van der Waals surface area (Å²) in [6.45, 7) is 2.35. The summed E-state index contributed by atoms with van der Waals surface area (Å²) in [7, 11) is 0. The lowest BCUT2D eigenvalue weighted by atomic mass is 10.2. The molecule has 1 aromatic carbocycles. The molecule has 4 nitrogen and oxygen atoms in total. The number of aryl methyl sites for hydroxylation is 1. The number of pyridine rings is 2. The molecule has 2 aromatic heterocycles. The van der Waals surface area contributed by atoms with Crippen LogP contribution in [0.2, 0.25) is 0 Å². The van der Waals surface area contributed by atoms with Gasteiger partial charge in [-0.1, -0.05) is 24.3 Å². The standard InChI is InChI=1S/C16H15N3O/c1-11-7-8-12-4-2-6-14(15(12)19-11)20-10-13-5-3-9-18-16(13)17/h2-9H,10H2,1H3,(H2,17,18). The lowest BCUT2D eigenvalue weighted by molar-refractivity contribution is 0.309. The molecular weight excluding hydrogens is 250 g/mol. The molecule has 20 heavy (non-hydrogen) atoms. The van der Waals surface area contributed by atoms with Crippen LogP contribution in [-0.2, 0) is 6.61 Å². The predicted molar refractivity (Wildman–Crippen MR) is 79.5 cm³/mol. The molecule has 0 fully saturated rings. The molecule has 2 N–H and O–H groups in total. The van der Waals surface area contributed by atoms with E-state index in [1.807, 2.05) is 49.4 Å². The van der Waals surface area contributed by atoms with Gasteiger partial charge in [-0.05, 0) is 25.1 Å². The van der Waals surface area contributed by atoms with Gasteiger partial charge in [0.25, 0.3) is 0 Å². The molecule has 3 aromatic rings. The summed E-state index contributed by atoms with van der Waals surface area (Å²) in [5.41, 5.74) is 8.52. The number of nitrogens with zero attached hydrogens (tertiary/aromatic N) is 2. The zero-order valence-electron chi connectivity index (χ0n) is 11.2. The molecule has 100 valence electrons. The zero-order chi connectivity index (χ0) is 13.9. The predicted octanol–water partition coefficient (Wildman–Crippen LogP) is 3.10. The molecule has 0 saturated heterocycles. The molecule has 0 aliphatic rings. The van der Waals surface area contributed by atoms with E-state index in [0.717, 1.165) is 27.9 Å². The number of benzene rings is 1. The Balaban J connectivity index is 1.91. The molecule has 0 radical (unpaired) electrons. The highest BCUT2D eigenvalue weighted by molar-refractivity contribution is 5.84. The smallest absolute Gasteiger partial charge is 0.146 e. The Hall–Kier alpha value is -2.62. The van der Waals surface area contributed by atoms with Crippen LogP contribution in [-0.4, -0.2) is 9.97 Å². The minimum Gasteiger partial charge on any atom is -0.486 e. The third kappa shape index (κ3) is 2.40. The highest BCUT2D eigenvalue weighted by Gasteiger charge is 2.06. The summed E-state index contributed by atoms with van der Waals surface area (Å²) in [6.07, 6.45) is 1.67. The molecule has 4 heteroatoms. The first-order chi connectivity index (χ1) is 9.74. The number of nitrogens with two attached hydrogens (primary N) is 1. The van der Waals surface area contributed by atoms with Crippen LogP contribution >= 0.6 is 0 Å². The van der Waals surface area contributed by atoms with Crippen molar-refractivity contribution in [3.8, 4) is 5.75 Å². The normalized spacial score (nSPS) is 10.7. The molecule has 0 aliphatic heterocycles. The van der Waals surface area contributed by atoms with Crippen LogP contribution in [0.15, 0.2) is 48.7 Å². The number of hydrogen-bond donors (Lipinski definition) is 1. The van der Waals surface area contributed by atoms with Gasteiger partial charge in [0.2, 0.25) is 0 Å². The zero-order valence-corrected chi connectivity index (χ0v) is 11.2. The van der Waals surface area contributed by atoms with Crippen molar-refractivity contribution in [3.63, 3.8) is 0 Å². The second-order valence-corrected chi connectivity index (χ2v) is 4.62. The number of hydrogen-bond acceptors (Lipinski definition) is 4. The Labute approximate surface area is 117 Å². The van der Waals surface area contributed by atoms with E-state index in [1.54, 1.807) is 6.20 Å². The van der Waals surface area contributed by atoms with Crippen LogP contribution in [0.3, 0.4) is 0 Å². The Bertz CT molecular complexity index is 756. The van der Waals surface area contributed by atoms with E-state index >= 15 is 0 Å². The van der Waals surface area contributed by atoms with Crippen molar-refractivity contribution in [1.82, 2.24) is 9.97 Å². The Morgan fingerprint density at radius 2 is 2.00 bits per heavy atom. The molecule has 2 heterocycles. The summed E-state index contributed by atoms with van der Waals surface area (Å²) in [5.74, 6) is 1.26. The number of fused-ring (bicyclic) bond motifs is 1. The highest BCUT2D eigenvalue weighted by atomic mass is 16.5. The quantitative estimate of drug-likeness (QED) is 0.790. The first-order valence-corrected chi connectivity index (χ1v) is 6.42. The molecule has 0 bridgehead atoms. The van der Waals surface area contributed by atoms with Gasteiger partial charge in [-0.15, -0.1) is 0 Å². The van der Waals surface area contributed by atoms with Gasteiger partial charge in [-0.25, -0.2) is 9.97 Å². The van der Waals surface area contributed by atoms with Crippen molar-refractivity contribution in [2.24, 2.45) is 0 Å². The van der Waals surface area contributed by atoms with E-state index in [2.05, 4.69) is 9.97 Å². The van der Waals surface area contributed by atoms with Gasteiger partial charge < -0.3 is 10.5 Å². The topological polar surface area (TPSA) is 61.0 Å².